The summed E-state index contributed by atoms with van der Waals surface area (Å²) in [6.07, 6.45) is 0.884. The van der Waals surface area contributed by atoms with Crippen molar-refractivity contribution in [1.82, 2.24) is 9.62 Å². The summed E-state index contributed by atoms with van der Waals surface area (Å²) in [4.78, 5) is 0.361. The molecule has 0 bridgehead atoms. The maximum atomic E-state index is 13.2. The van der Waals surface area contributed by atoms with Gasteiger partial charge in [-0.3, -0.25) is 0 Å². The van der Waals surface area contributed by atoms with Crippen LogP contribution in [0.5, 0.6) is 0 Å². The van der Waals surface area contributed by atoms with Crippen LogP contribution in [-0.4, -0.2) is 25.8 Å². The molecule has 0 aromatic heterocycles. The van der Waals surface area contributed by atoms with Crippen LogP contribution in [0, 0.1) is 0 Å². The number of rotatable bonds is 8. The molecule has 136 valence electrons. The quantitative estimate of drug-likeness (QED) is 0.783. The van der Waals surface area contributed by atoms with E-state index in [-0.39, 0.29) is 6.04 Å². The molecular weight excluding hydrogens is 332 g/mol. The lowest BCUT2D eigenvalue weighted by atomic mass is 10.1. The Hall–Kier alpha value is -1.69. The minimum Gasteiger partial charge on any atom is -0.316 e. The van der Waals surface area contributed by atoms with Crippen LogP contribution in [0.15, 0.2) is 53.4 Å². The maximum Gasteiger partial charge on any atom is 0.243 e. The minimum absolute atomic E-state index is 0.121. The first-order chi connectivity index (χ1) is 11.9. The molecule has 0 aliphatic carbocycles. The van der Waals surface area contributed by atoms with Gasteiger partial charge < -0.3 is 5.32 Å². The molecule has 0 heterocycles. The number of hydrogen-bond donors (Lipinski definition) is 1. The highest BCUT2D eigenvalue weighted by Gasteiger charge is 2.27. The first-order valence-electron chi connectivity index (χ1n) is 8.72. The van der Waals surface area contributed by atoms with Crippen LogP contribution in [0.2, 0.25) is 0 Å². The highest BCUT2D eigenvalue weighted by molar-refractivity contribution is 7.89. The smallest absolute Gasteiger partial charge is 0.243 e. The summed E-state index contributed by atoms with van der Waals surface area (Å²) in [6.45, 7) is 6.94. The molecule has 4 nitrogen and oxygen atoms in total. The fraction of sp³-hybridized carbons (Fsp3) is 0.400. The third-order valence-corrected chi connectivity index (χ3v) is 6.31. The van der Waals surface area contributed by atoms with E-state index in [0.717, 1.165) is 17.5 Å². The number of hydrogen-bond acceptors (Lipinski definition) is 3. The molecule has 0 aliphatic heterocycles. The van der Waals surface area contributed by atoms with E-state index in [1.54, 1.807) is 10.4 Å². The van der Waals surface area contributed by atoms with Gasteiger partial charge in [-0.25, -0.2) is 8.42 Å². The Morgan fingerprint density at radius 3 is 2.28 bits per heavy atom. The van der Waals surface area contributed by atoms with Crippen LogP contribution in [-0.2, 0) is 29.5 Å². The van der Waals surface area contributed by atoms with Gasteiger partial charge in [0.05, 0.1) is 4.90 Å². The second kappa shape index (κ2) is 8.61. The molecule has 0 aliphatic rings. The summed E-state index contributed by atoms with van der Waals surface area (Å²) in [7, 11) is -1.69. The van der Waals surface area contributed by atoms with Crippen molar-refractivity contribution < 1.29 is 8.42 Å². The van der Waals surface area contributed by atoms with Gasteiger partial charge in [0.2, 0.25) is 10.0 Å². The van der Waals surface area contributed by atoms with E-state index in [1.165, 1.54) is 5.56 Å². The van der Waals surface area contributed by atoms with Crippen molar-refractivity contribution in [1.29, 1.82) is 0 Å². The Morgan fingerprint density at radius 1 is 1.04 bits per heavy atom. The van der Waals surface area contributed by atoms with Crippen LogP contribution >= 0.6 is 0 Å². The lowest BCUT2D eigenvalue weighted by Gasteiger charge is -2.26. The van der Waals surface area contributed by atoms with Crippen molar-refractivity contribution >= 4 is 10.0 Å². The number of nitrogens with one attached hydrogen (secondary N) is 1. The van der Waals surface area contributed by atoms with Gasteiger partial charge in [0, 0.05) is 19.1 Å². The molecule has 0 unspecified atom stereocenters. The second-order valence-corrected chi connectivity index (χ2v) is 8.33. The molecule has 25 heavy (non-hydrogen) atoms. The zero-order chi connectivity index (χ0) is 18.4. The van der Waals surface area contributed by atoms with Gasteiger partial charge in [0.15, 0.2) is 0 Å². The van der Waals surface area contributed by atoms with Crippen molar-refractivity contribution in [2.75, 3.05) is 7.05 Å². The Labute approximate surface area is 151 Å². The fourth-order valence-electron chi connectivity index (χ4n) is 2.91. The average Bonchev–Trinajstić information content (AvgIpc) is 2.60. The maximum absolute atomic E-state index is 13.2. The zero-order valence-electron chi connectivity index (χ0n) is 15.5. The highest BCUT2D eigenvalue weighted by atomic mass is 32.2. The molecule has 5 heteroatoms. The third kappa shape index (κ3) is 4.69. The van der Waals surface area contributed by atoms with Crippen molar-refractivity contribution in [3.05, 3.63) is 65.2 Å². The average molecular weight is 361 g/mol. The van der Waals surface area contributed by atoms with Crippen LogP contribution in [0.1, 0.15) is 37.5 Å². The van der Waals surface area contributed by atoms with Crippen LogP contribution in [0.4, 0.5) is 0 Å². The van der Waals surface area contributed by atoms with Gasteiger partial charge in [0.1, 0.15) is 0 Å². The van der Waals surface area contributed by atoms with Gasteiger partial charge in [0.25, 0.3) is 0 Å². The van der Waals surface area contributed by atoms with Crippen molar-refractivity contribution in [2.45, 2.75) is 51.2 Å². The Balaban J connectivity index is 2.41. The molecule has 0 spiro atoms. The number of aryl methyl sites for hydroxylation is 1. The molecular formula is C20H28N2O2S. The summed E-state index contributed by atoms with van der Waals surface area (Å²) < 4.78 is 28.0. The molecule has 2 aromatic carbocycles. The van der Waals surface area contributed by atoms with E-state index in [4.69, 9.17) is 0 Å². The topological polar surface area (TPSA) is 49.4 Å². The van der Waals surface area contributed by atoms with Crippen molar-refractivity contribution in [3.8, 4) is 0 Å². The second-order valence-electron chi connectivity index (χ2n) is 6.44. The molecule has 1 N–H and O–H groups in total. The Morgan fingerprint density at radius 2 is 1.72 bits per heavy atom. The van der Waals surface area contributed by atoms with E-state index in [0.29, 0.717) is 18.0 Å². The largest absolute Gasteiger partial charge is 0.316 e. The van der Waals surface area contributed by atoms with Gasteiger partial charge in [-0.2, -0.15) is 4.31 Å². The standard InChI is InChI=1S/C20H28N2O2S/c1-5-18-11-12-20(13-19(18)14-21-4)25(23,24)22(16(2)3)15-17-9-7-6-8-10-17/h6-13,16,21H,5,14-15H2,1-4H3. The lowest BCUT2D eigenvalue weighted by molar-refractivity contribution is 0.348. The molecule has 0 saturated heterocycles. The van der Waals surface area contributed by atoms with Gasteiger partial charge in [-0.1, -0.05) is 43.3 Å². The van der Waals surface area contributed by atoms with E-state index in [1.807, 2.05) is 63.4 Å². The van der Waals surface area contributed by atoms with Gasteiger partial charge in [-0.15, -0.1) is 0 Å². The van der Waals surface area contributed by atoms with E-state index < -0.39 is 10.0 Å². The minimum atomic E-state index is -3.56. The lowest BCUT2D eigenvalue weighted by Crippen LogP contribution is -2.36. The molecule has 0 saturated carbocycles. The van der Waals surface area contributed by atoms with E-state index in [2.05, 4.69) is 12.2 Å². The fourth-order valence-corrected chi connectivity index (χ4v) is 4.58. The zero-order valence-corrected chi connectivity index (χ0v) is 16.3. The first kappa shape index (κ1) is 19.6. The summed E-state index contributed by atoms with van der Waals surface area (Å²) >= 11 is 0. The summed E-state index contributed by atoms with van der Waals surface area (Å²) in [5.41, 5.74) is 3.20. The summed E-state index contributed by atoms with van der Waals surface area (Å²) in [5, 5.41) is 3.12. The SMILES string of the molecule is CCc1ccc(S(=O)(=O)N(Cc2ccccc2)C(C)C)cc1CNC. The number of nitrogens with zero attached hydrogens (tertiary/aromatic N) is 1. The molecule has 0 fully saturated rings. The highest BCUT2D eigenvalue weighted by Crippen LogP contribution is 2.24. The van der Waals surface area contributed by atoms with E-state index >= 15 is 0 Å². The Kier molecular flexibility index (Phi) is 6.76. The van der Waals surface area contributed by atoms with Crippen LogP contribution < -0.4 is 5.32 Å². The first-order valence-corrected chi connectivity index (χ1v) is 10.2. The molecule has 2 rings (SSSR count). The predicted molar refractivity (Wildman–Crippen MR) is 103 cm³/mol. The molecule has 0 amide bonds. The summed E-state index contributed by atoms with van der Waals surface area (Å²) in [6, 6.07) is 15.1. The monoisotopic (exact) mass is 360 g/mol. The van der Waals surface area contributed by atoms with Gasteiger partial charge in [-0.05, 0) is 56.1 Å². The predicted octanol–water partition coefficient (Wildman–Crippen LogP) is 3.57. The van der Waals surface area contributed by atoms with Crippen LogP contribution in [0.25, 0.3) is 0 Å². The Bertz CT molecular complexity index is 787. The summed E-state index contributed by atoms with van der Waals surface area (Å²) in [5.74, 6) is 0. The van der Waals surface area contributed by atoms with Gasteiger partial charge >= 0.3 is 0 Å². The normalized spacial score (nSPS) is 12.1. The van der Waals surface area contributed by atoms with Crippen molar-refractivity contribution in [3.63, 3.8) is 0 Å². The van der Waals surface area contributed by atoms with E-state index in [9.17, 15) is 8.42 Å². The molecule has 2 aromatic rings. The van der Waals surface area contributed by atoms with Crippen molar-refractivity contribution in [2.24, 2.45) is 0 Å². The number of sulfonamides is 1. The van der Waals surface area contributed by atoms with Crippen LogP contribution in [0.3, 0.4) is 0 Å². The number of benzene rings is 2. The molecule has 0 radical (unpaired) electrons. The molecule has 0 atom stereocenters. The third-order valence-electron chi connectivity index (χ3n) is 4.29.